The molecule has 0 saturated heterocycles. The highest BCUT2D eigenvalue weighted by Gasteiger charge is 2.04. The van der Waals surface area contributed by atoms with Crippen molar-refractivity contribution in [2.75, 3.05) is 25.5 Å². The van der Waals surface area contributed by atoms with Crippen LogP contribution in [0.4, 0.5) is 0 Å². The molecule has 4 heteroatoms. The number of carbonyl (C=O) groups excluding carboxylic acids is 1. The van der Waals surface area contributed by atoms with E-state index >= 15 is 0 Å². The fourth-order valence-corrected chi connectivity index (χ4v) is 1.11. The predicted octanol–water partition coefficient (Wildman–Crippen LogP) is 0.379. The van der Waals surface area contributed by atoms with Crippen molar-refractivity contribution < 1.29 is 9.53 Å². The minimum atomic E-state index is -0.0225. The maximum Gasteiger partial charge on any atom is 0.229 e. The van der Waals surface area contributed by atoms with E-state index in [9.17, 15) is 4.79 Å². The summed E-state index contributed by atoms with van der Waals surface area (Å²) in [5.41, 5.74) is 1.25. The third kappa shape index (κ3) is 3.28. The van der Waals surface area contributed by atoms with Crippen molar-refractivity contribution >= 4 is 18.5 Å². The highest BCUT2D eigenvalue weighted by Crippen LogP contribution is 2.05. The topological polar surface area (TPSA) is 38.3 Å². The van der Waals surface area contributed by atoms with Gasteiger partial charge in [-0.2, -0.15) is 12.6 Å². The third-order valence-corrected chi connectivity index (χ3v) is 2.00. The van der Waals surface area contributed by atoms with Crippen LogP contribution >= 0.6 is 12.6 Å². The number of hydrogen-bond donors (Lipinski definition) is 2. The molecular weight excluding hydrogens is 174 g/mol. The molecule has 12 heavy (non-hydrogen) atoms. The van der Waals surface area contributed by atoms with Crippen molar-refractivity contribution in [3.63, 3.8) is 0 Å². The summed E-state index contributed by atoms with van der Waals surface area (Å²) >= 11 is 3.86. The van der Waals surface area contributed by atoms with E-state index in [1.54, 1.807) is 0 Å². The first kappa shape index (κ1) is 9.61. The van der Waals surface area contributed by atoms with Crippen LogP contribution in [0.1, 0.15) is 6.42 Å². The summed E-state index contributed by atoms with van der Waals surface area (Å²) in [7, 11) is 0. The fraction of sp³-hybridized carbons (Fsp3) is 0.625. The van der Waals surface area contributed by atoms with Crippen LogP contribution in [0.15, 0.2) is 11.6 Å². The van der Waals surface area contributed by atoms with Crippen molar-refractivity contribution in [2.24, 2.45) is 0 Å². The summed E-state index contributed by atoms with van der Waals surface area (Å²) in [6.07, 6.45) is 2.94. The lowest BCUT2D eigenvalue weighted by molar-refractivity contribution is -0.118. The number of carbonyl (C=O) groups is 1. The molecule has 0 aromatic carbocycles. The summed E-state index contributed by atoms with van der Waals surface area (Å²) in [4.78, 5) is 10.8. The SMILES string of the molecule is O=C(CS)NCC1=CCOCC1. The van der Waals surface area contributed by atoms with Gasteiger partial charge in [-0.05, 0) is 6.42 Å². The van der Waals surface area contributed by atoms with Crippen molar-refractivity contribution in [1.29, 1.82) is 0 Å². The first-order valence-corrected chi connectivity index (χ1v) is 4.59. The number of ether oxygens (including phenoxy) is 1. The molecule has 0 fully saturated rings. The average molecular weight is 187 g/mol. The van der Waals surface area contributed by atoms with E-state index in [-0.39, 0.29) is 11.7 Å². The zero-order valence-electron chi connectivity index (χ0n) is 6.88. The van der Waals surface area contributed by atoms with Crippen LogP contribution in [-0.2, 0) is 9.53 Å². The molecule has 1 N–H and O–H groups in total. The molecule has 1 heterocycles. The molecule has 0 spiro atoms. The van der Waals surface area contributed by atoms with E-state index in [1.807, 2.05) is 6.08 Å². The normalized spacial score (nSPS) is 16.9. The van der Waals surface area contributed by atoms with Gasteiger partial charge in [-0.3, -0.25) is 4.79 Å². The molecular formula is C8H13NO2S. The van der Waals surface area contributed by atoms with Gasteiger partial charge in [0.15, 0.2) is 0 Å². The molecule has 68 valence electrons. The lowest BCUT2D eigenvalue weighted by atomic mass is 10.1. The molecule has 0 aliphatic carbocycles. The third-order valence-electron chi connectivity index (χ3n) is 1.71. The Bertz CT molecular complexity index is 191. The Morgan fingerprint density at radius 1 is 1.75 bits per heavy atom. The van der Waals surface area contributed by atoms with Crippen LogP contribution < -0.4 is 5.32 Å². The summed E-state index contributed by atoms with van der Waals surface area (Å²) in [6, 6.07) is 0. The van der Waals surface area contributed by atoms with Crippen LogP contribution in [0.5, 0.6) is 0 Å². The molecule has 0 aromatic rings. The predicted molar refractivity (Wildman–Crippen MR) is 50.4 cm³/mol. The second-order valence-corrected chi connectivity index (χ2v) is 2.94. The van der Waals surface area contributed by atoms with Crippen molar-refractivity contribution in [3.05, 3.63) is 11.6 Å². The summed E-state index contributed by atoms with van der Waals surface area (Å²) in [5, 5.41) is 2.76. The Hall–Kier alpha value is -0.480. The zero-order valence-corrected chi connectivity index (χ0v) is 7.77. The van der Waals surface area contributed by atoms with Crippen LogP contribution in [0.25, 0.3) is 0 Å². The van der Waals surface area contributed by atoms with Crippen molar-refractivity contribution in [3.8, 4) is 0 Å². The molecule has 0 bridgehead atoms. The van der Waals surface area contributed by atoms with Gasteiger partial charge in [0.25, 0.3) is 0 Å². The smallest absolute Gasteiger partial charge is 0.229 e. The highest BCUT2D eigenvalue weighted by atomic mass is 32.1. The van der Waals surface area contributed by atoms with Gasteiger partial charge in [0.05, 0.1) is 19.0 Å². The first-order chi connectivity index (χ1) is 5.83. The number of hydrogen-bond acceptors (Lipinski definition) is 3. The van der Waals surface area contributed by atoms with E-state index in [0.717, 1.165) is 13.0 Å². The summed E-state index contributed by atoms with van der Waals surface area (Å²) < 4.78 is 5.13. The van der Waals surface area contributed by atoms with Crippen molar-refractivity contribution in [1.82, 2.24) is 5.32 Å². The molecule has 1 rings (SSSR count). The van der Waals surface area contributed by atoms with E-state index < -0.39 is 0 Å². The molecule has 0 saturated carbocycles. The Balaban J connectivity index is 2.21. The van der Waals surface area contributed by atoms with Crippen LogP contribution in [0.2, 0.25) is 0 Å². The van der Waals surface area contributed by atoms with Crippen LogP contribution in [0.3, 0.4) is 0 Å². The van der Waals surface area contributed by atoms with E-state index in [2.05, 4.69) is 17.9 Å². The maximum absolute atomic E-state index is 10.8. The minimum Gasteiger partial charge on any atom is -0.377 e. The highest BCUT2D eigenvalue weighted by molar-refractivity contribution is 7.81. The van der Waals surface area contributed by atoms with Gasteiger partial charge in [-0.15, -0.1) is 0 Å². The van der Waals surface area contributed by atoms with Gasteiger partial charge in [-0.1, -0.05) is 11.6 Å². The first-order valence-electron chi connectivity index (χ1n) is 3.96. The minimum absolute atomic E-state index is 0.0225. The van der Waals surface area contributed by atoms with Crippen LogP contribution in [-0.4, -0.2) is 31.4 Å². The number of thiol groups is 1. The van der Waals surface area contributed by atoms with Crippen molar-refractivity contribution in [2.45, 2.75) is 6.42 Å². The van der Waals surface area contributed by atoms with Crippen LogP contribution in [0, 0.1) is 0 Å². The van der Waals surface area contributed by atoms with Gasteiger partial charge >= 0.3 is 0 Å². The molecule has 3 nitrogen and oxygen atoms in total. The Morgan fingerprint density at radius 2 is 2.58 bits per heavy atom. The second kappa shape index (κ2) is 5.22. The molecule has 0 unspecified atom stereocenters. The number of rotatable bonds is 3. The Labute approximate surface area is 77.6 Å². The lowest BCUT2D eigenvalue weighted by Gasteiger charge is -2.13. The Kier molecular flexibility index (Phi) is 4.18. The quantitative estimate of drug-likeness (QED) is 0.495. The molecule has 0 atom stereocenters. The van der Waals surface area contributed by atoms with Gasteiger partial charge in [0, 0.05) is 6.54 Å². The molecule has 0 radical (unpaired) electrons. The molecule has 1 amide bonds. The molecule has 0 aromatic heterocycles. The van der Waals surface area contributed by atoms with E-state index in [0.29, 0.717) is 13.2 Å². The van der Waals surface area contributed by atoms with Gasteiger partial charge in [0.2, 0.25) is 5.91 Å². The monoisotopic (exact) mass is 187 g/mol. The van der Waals surface area contributed by atoms with E-state index in [1.165, 1.54) is 5.57 Å². The summed E-state index contributed by atoms with van der Waals surface area (Å²) in [5.74, 6) is 0.231. The average Bonchev–Trinajstić information content (AvgIpc) is 2.16. The van der Waals surface area contributed by atoms with Gasteiger partial charge in [0.1, 0.15) is 0 Å². The molecule has 1 aliphatic heterocycles. The van der Waals surface area contributed by atoms with Gasteiger partial charge < -0.3 is 10.1 Å². The largest absolute Gasteiger partial charge is 0.377 e. The number of amides is 1. The second-order valence-electron chi connectivity index (χ2n) is 2.62. The standard InChI is InChI=1S/C8H13NO2S/c10-8(6-12)9-5-7-1-3-11-4-2-7/h1,12H,2-6H2,(H,9,10). The fourth-order valence-electron chi connectivity index (χ4n) is 0.994. The van der Waals surface area contributed by atoms with Gasteiger partial charge in [-0.25, -0.2) is 0 Å². The van der Waals surface area contributed by atoms with E-state index in [4.69, 9.17) is 4.74 Å². The Morgan fingerprint density at radius 3 is 3.17 bits per heavy atom. The maximum atomic E-state index is 10.8. The molecule has 1 aliphatic rings. The number of nitrogens with one attached hydrogen (secondary N) is 1. The zero-order chi connectivity index (χ0) is 8.81. The summed E-state index contributed by atoms with van der Waals surface area (Å²) in [6.45, 7) is 2.08. The lowest BCUT2D eigenvalue weighted by Crippen LogP contribution is -2.27.